The van der Waals surface area contributed by atoms with Gasteiger partial charge in [0.05, 0.1) is 30.8 Å². The number of pyridine rings is 1. The fourth-order valence-corrected chi connectivity index (χ4v) is 6.27. The number of alkyl halides is 3. The van der Waals surface area contributed by atoms with E-state index in [9.17, 15) is 32.3 Å². The molecule has 2 amide bonds. The zero-order chi connectivity index (χ0) is 34.3. The van der Waals surface area contributed by atoms with E-state index in [1.54, 1.807) is 6.07 Å². The van der Waals surface area contributed by atoms with Crippen LogP contribution in [0, 0.1) is 17.6 Å². The van der Waals surface area contributed by atoms with Crippen molar-refractivity contribution in [2.75, 3.05) is 20.3 Å². The van der Waals surface area contributed by atoms with Crippen LogP contribution in [0.15, 0.2) is 36.5 Å². The van der Waals surface area contributed by atoms with Crippen molar-refractivity contribution in [2.24, 2.45) is 11.7 Å². The van der Waals surface area contributed by atoms with Gasteiger partial charge in [0.25, 0.3) is 5.91 Å². The topological polar surface area (TPSA) is 142 Å². The summed E-state index contributed by atoms with van der Waals surface area (Å²) in [7, 11) is 1.45. The molecule has 0 spiro atoms. The highest BCUT2D eigenvalue weighted by Crippen LogP contribution is 2.52. The van der Waals surface area contributed by atoms with Gasteiger partial charge in [-0.25, -0.2) is 13.8 Å². The summed E-state index contributed by atoms with van der Waals surface area (Å²) >= 11 is 0. The first kappa shape index (κ1) is 31.8. The monoisotopic (exact) mass is 671 g/mol. The van der Waals surface area contributed by atoms with Crippen LogP contribution in [0.4, 0.5) is 22.0 Å². The summed E-state index contributed by atoms with van der Waals surface area (Å²) in [5.74, 6) is -4.92. The number of ether oxygens (including phenoxy) is 2. The Morgan fingerprint density at radius 2 is 1.90 bits per heavy atom. The lowest BCUT2D eigenvalue weighted by molar-refractivity contribution is -0.140. The number of halogens is 5. The van der Waals surface area contributed by atoms with Gasteiger partial charge in [0.15, 0.2) is 11.6 Å². The number of fused-ring (bicyclic) bond motifs is 2. The fraction of sp³-hybridized carbons (Fsp3) is 0.394. The molecule has 3 heterocycles. The smallest absolute Gasteiger partial charge is 0.419 e. The van der Waals surface area contributed by atoms with Crippen molar-refractivity contribution >= 4 is 22.7 Å². The van der Waals surface area contributed by atoms with Crippen LogP contribution < -0.4 is 20.5 Å². The van der Waals surface area contributed by atoms with Gasteiger partial charge in [0, 0.05) is 22.7 Å². The highest BCUT2D eigenvalue weighted by atomic mass is 19.4. The predicted molar refractivity (Wildman–Crippen MR) is 160 cm³/mol. The molecule has 4 N–H and O–H groups in total. The Labute approximate surface area is 270 Å². The number of amides is 2. The van der Waals surface area contributed by atoms with Gasteiger partial charge in [-0.2, -0.15) is 18.3 Å². The highest BCUT2D eigenvalue weighted by molar-refractivity contribution is 6.00. The second-order valence-electron chi connectivity index (χ2n) is 12.8. The van der Waals surface area contributed by atoms with Crippen LogP contribution in [-0.4, -0.2) is 51.9 Å². The van der Waals surface area contributed by atoms with Gasteiger partial charge in [0.1, 0.15) is 46.1 Å². The van der Waals surface area contributed by atoms with E-state index < -0.39 is 76.5 Å². The van der Waals surface area contributed by atoms with Crippen LogP contribution in [0.2, 0.25) is 0 Å². The number of hydrogen-bond acceptors (Lipinski definition) is 7. The molecule has 4 aromatic rings. The number of primary amides is 1. The van der Waals surface area contributed by atoms with E-state index in [1.807, 2.05) is 10.9 Å². The Morgan fingerprint density at radius 3 is 2.52 bits per heavy atom. The Hall–Kier alpha value is -4.79. The number of carbonyl (C=O) groups excluding carboxylic acids is 2. The number of carbonyl (C=O) groups is 2. The highest BCUT2D eigenvalue weighted by Gasteiger charge is 2.53. The normalized spacial score (nSPS) is 20.2. The molecule has 2 aromatic heterocycles. The number of aliphatic hydroxyl groups is 1. The molecule has 7 rings (SSSR count). The molecule has 2 saturated carbocycles. The maximum atomic E-state index is 16.6. The first-order valence-electron chi connectivity index (χ1n) is 15.3. The third kappa shape index (κ3) is 5.11. The van der Waals surface area contributed by atoms with E-state index in [0.717, 1.165) is 18.9 Å². The van der Waals surface area contributed by atoms with Crippen LogP contribution in [0.5, 0.6) is 11.5 Å². The van der Waals surface area contributed by atoms with E-state index >= 15 is 4.39 Å². The summed E-state index contributed by atoms with van der Waals surface area (Å²) in [4.78, 5) is 30.4. The second-order valence-corrected chi connectivity index (χ2v) is 12.8. The average molecular weight is 672 g/mol. The van der Waals surface area contributed by atoms with Crippen molar-refractivity contribution in [1.29, 1.82) is 0 Å². The predicted octanol–water partition coefficient (Wildman–Crippen LogP) is 4.90. The van der Waals surface area contributed by atoms with Crippen molar-refractivity contribution in [1.82, 2.24) is 20.1 Å². The number of nitrogens with two attached hydrogens (primary N) is 1. The molecule has 2 atom stereocenters. The Balaban J connectivity index is 1.30. The molecule has 0 unspecified atom stereocenters. The van der Waals surface area contributed by atoms with Crippen molar-refractivity contribution in [3.63, 3.8) is 0 Å². The number of nitrogens with zero attached hydrogens (tertiary/aromatic N) is 3. The molecule has 3 aliphatic rings. The van der Waals surface area contributed by atoms with E-state index in [4.69, 9.17) is 15.2 Å². The van der Waals surface area contributed by atoms with Crippen molar-refractivity contribution in [2.45, 2.75) is 55.8 Å². The summed E-state index contributed by atoms with van der Waals surface area (Å²) in [6.07, 6.45) is -0.440. The van der Waals surface area contributed by atoms with E-state index in [0.29, 0.717) is 41.6 Å². The summed E-state index contributed by atoms with van der Waals surface area (Å²) in [5, 5.41) is 20.0. The minimum absolute atomic E-state index is 0.177. The molecule has 0 saturated heterocycles. The maximum absolute atomic E-state index is 16.6. The van der Waals surface area contributed by atoms with Gasteiger partial charge in [-0.05, 0) is 68.9 Å². The lowest BCUT2D eigenvalue weighted by Crippen LogP contribution is -2.45. The van der Waals surface area contributed by atoms with Crippen LogP contribution in [0.3, 0.4) is 0 Å². The molecule has 10 nitrogen and oxygen atoms in total. The van der Waals surface area contributed by atoms with Gasteiger partial charge in [-0.1, -0.05) is 0 Å². The Kier molecular flexibility index (Phi) is 7.20. The minimum atomic E-state index is -5.07. The SMILES string of the molecule is COc1cc(C(=O)NC[C@](O)(c2nc(-c3ccc(F)c(C(F)(F)F)c3)c3c(c2F)[C@@](C)(C(N)=O)CO3)C2CC2)cc2cn(C3CC3)nc12. The summed E-state index contributed by atoms with van der Waals surface area (Å²) in [6, 6.07) is 5.48. The van der Waals surface area contributed by atoms with Gasteiger partial charge < -0.3 is 25.6 Å². The largest absolute Gasteiger partial charge is 0.494 e. The molecule has 2 aromatic carbocycles. The number of methoxy groups -OCH3 is 1. The molecule has 1 aliphatic heterocycles. The summed E-state index contributed by atoms with van der Waals surface area (Å²) < 4.78 is 84.8. The van der Waals surface area contributed by atoms with E-state index in [2.05, 4.69) is 15.4 Å². The molecule has 48 heavy (non-hydrogen) atoms. The van der Waals surface area contributed by atoms with Crippen molar-refractivity contribution in [3.8, 4) is 22.8 Å². The summed E-state index contributed by atoms with van der Waals surface area (Å²) in [6.45, 7) is 0.294. The first-order chi connectivity index (χ1) is 22.7. The Bertz CT molecular complexity index is 2010. The molecule has 252 valence electrons. The van der Waals surface area contributed by atoms with Gasteiger partial charge in [0.2, 0.25) is 5.91 Å². The Morgan fingerprint density at radius 1 is 1.17 bits per heavy atom. The van der Waals surface area contributed by atoms with Gasteiger partial charge in [-0.15, -0.1) is 0 Å². The molecule has 0 radical (unpaired) electrons. The lowest BCUT2D eigenvalue weighted by atomic mass is 9.80. The minimum Gasteiger partial charge on any atom is -0.494 e. The molecular weight excluding hydrogens is 641 g/mol. The lowest BCUT2D eigenvalue weighted by Gasteiger charge is -2.30. The zero-order valence-electron chi connectivity index (χ0n) is 25.8. The molecule has 0 bridgehead atoms. The van der Waals surface area contributed by atoms with E-state index in [-0.39, 0.29) is 28.6 Å². The van der Waals surface area contributed by atoms with Crippen molar-refractivity contribution < 1.29 is 46.1 Å². The molecule has 15 heteroatoms. The fourth-order valence-electron chi connectivity index (χ4n) is 6.27. The van der Waals surface area contributed by atoms with Gasteiger partial charge in [-0.3, -0.25) is 14.3 Å². The number of benzene rings is 2. The number of aromatic nitrogens is 3. The van der Waals surface area contributed by atoms with Crippen LogP contribution in [0.25, 0.3) is 22.2 Å². The zero-order valence-corrected chi connectivity index (χ0v) is 25.8. The average Bonchev–Trinajstić information content (AvgIpc) is 3.98. The van der Waals surface area contributed by atoms with Crippen LogP contribution >= 0.6 is 0 Å². The van der Waals surface area contributed by atoms with Crippen LogP contribution in [-0.2, 0) is 22.0 Å². The molecule has 2 fully saturated rings. The van der Waals surface area contributed by atoms with E-state index in [1.165, 1.54) is 20.1 Å². The second kappa shape index (κ2) is 10.9. The molecule has 2 aliphatic carbocycles. The first-order valence-corrected chi connectivity index (χ1v) is 15.3. The maximum Gasteiger partial charge on any atom is 0.419 e. The number of hydrogen-bond donors (Lipinski definition) is 3. The third-order valence-corrected chi connectivity index (χ3v) is 9.41. The van der Waals surface area contributed by atoms with Crippen LogP contribution in [0.1, 0.15) is 65.8 Å². The summed E-state index contributed by atoms with van der Waals surface area (Å²) in [5.41, 5.74) is -0.851. The number of rotatable bonds is 9. The van der Waals surface area contributed by atoms with Gasteiger partial charge >= 0.3 is 6.18 Å². The number of nitrogens with one attached hydrogen (secondary N) is 1. The third-order valence-electron chi connectivity index (χ3n) is 9.41. The molecular formula is C33H30F5N5O5. The quantitative estimate of drug-likeness (QED) is 0.215. The standard InChI is InChI=1S/C33H30F5N5O5/c1-31(30(39)45)14-48-27-23(31)24(35)28(41-26(27)15-3-8-21(34)20(10-15)33(36,37)38)32(46,18-4-5-18)13-40-29(44)16-9-17-12-43(19-6-7-19)42-25(17)22(11-16)47-2/h3,8-12,18-19,46H,4-7,13-14H2,1-2H3,(H2,39,45)(H,40,44)/t31-,32+/m0/s1. The van der Waals surface area contributed by atoms with Crippen molar-refractivity contribution in [3.05, 3.63) is 70.5 Å².